The van der Waals surface area contributed by atoms with Crippen LogP contribution >= 0.6 is 35.4 Å². The van der Waals surface area contributed by atoms with Crippen molar-refractivity contribution < 1.29 is 9.59 Å². The van der Waals surface area contributed by atoms with E-state index in [1.165, 1.54) is 21.7 Å². The molecule has 1 aromatic heterocycles. The molecule has 2 amide bonds. The lowest BCUT2D eigenvalue weighted by molar-refractivity contribution is -0.128. The summed E-state index contributed by atoms with van der Waals surface area (Å²) in [7, 11) is 0. The lowest BCUT2D eigenvalue weighted by atomic mass is 10.0. The molecule has 32 heavy (non-hydrogen) atoms. The minimum Gasteiger partial charge on any atom is -0.298 e. The number of carbonyl (C=O) groups is 2. The summed E-state index contributed by atoms with van der Waals surface area (Å²) in [5.74, 6) is -1.17. The van der Waals surface area contributed by atoms with E-state index < -0.39 is 11.8 Å². The molecule has 9 heteroatoms. The first kappa shape index (κ1) is 22.0. The van der Waals surface area contributed by atoms with Crippen LogP contribution in [0, 0.1) is 0 Å². The number of para-hydroxylation sites is 1. The number of halogens is 2. The van der Waals surface area contributed by atoms with Gasteiger partial charge in [0.15, 0.2) is 5.11 Å². The van der Waals surface area contributed by atoms with E-state index in [-0.39, 0.29) is 22.4 Å². The smallest absolute Gasteiger partial charge is 0.265 e. The third kappa shape index (κ3) is 3.98. The monoisotopic (exact) mass is 482 g/mol. The maximum absolute atomic E-state index is 13.0. The molecular weight excluding hydrogens is 467 g/mol. The van der Waals surface area contributed by atoms with Crippen molar-refractivity contribution in [1.29, 1.82) is 0 Å². The molecule has 2 heterocycles. The molecule has 0 aliphatic carbocycles. The van der Waals surface area contributed by atoms with Gasteiger partial charge in [-0.15, -0.1) is 6.58 Å². The summed E-state index contributed by atoms with van der Waals surface area (Å²) in [6, 6.07) is 16.4. The standard InChI is InChI=1S/C23H16Cl2N4O2S/c1-2-12-28-22(31)17(21(30)26-23(28)32)13-16-19(15-10-6-7-11-18(15)24)27-29(20(16)25)14-8-4-3-5-9-14/h2-11,13H,1,12H2,(H,26,30,32). The van der Waals surface area contributed by atoms with Crippen LogP contribution in [0.2, 0.25) is 10.2 Å². The molecule has 0 atom stereocenters. The summed E-state index contributed by atoms with van der Waals surface area (Å²) in [6.07, 6.45) is 2.94. The van der Waals surface area contributed by atoms with Gasteiger partial charge in [-0.3, -0.25) is 19.8 Å². The van der Waals surface area contributed by atoms with Crippen LogP contribution in [-0.2, 0) is 9.59 Å². The third-order valence-electron chi connectivity index (χ3n) is 4.78. The van der Waals surface area contributed by atoms with Gasteiger partial charge in [0.2, 0.25) is 0 Å². The highest BCUT2D eigenvalue weighted by Gasteiger charge is 2.33. The predicted octanol–water partition coefficient (Wildman–Crippen LogP) is 4.66. The van der Waals surface area contributed by atoms with Crippen LogP contribution in [0.15, 0.2) is 72.8 Å². The van der Waals surface area contributed by atoms with Crippen LogP contribution in [0.1, 0.15) is 5.56 Å². The number of hydrogen-bond donors (Lipinski definition) is 1. The van der Waals surface area contributed by atoms with Crippen molar-refractivity contribution in [2.24, 2.45) is 0 Å². The Morgan fingerprint density at radius 2 is 1.75 bits per heavy atom. The molecule has 160 valence electrons. The molecule has 0 spiro atoms. The van der Waals surface area contributed by atoms with Gasteiger partial charge in [-0.1, -0.05) is 65.7 Å². The molecule has 1 aliphatic heterocycles. The molecule has 0 bridgehead atoms. The van der Waals surface area contributed by atoms with Gasteiger partial charge >= 0.3 is 0 Å². The van der Waals surface area contributed by atoms with Gasteiger partial charge in [-0.25, -0.2) is 4.68 Å². The van der Waals surface area contributed by atoms with Crippen molar-refractivity contribution in [3.05, 3.63) is 88.6 Å². The highest BCUT2D eigenvalue weighted by molar-refractivity contribution is 7.80. The van der Waals surface area contributed by atoms with Crippen molar-refractivity contribution in [3.63, 3.8) is 0 Å². The molecule has 0 unspecified atom stereocenters. The topological polar surface area (TPSA) is 67.2 Å². The largest absolute Gasteiger partial charge is 0.298 e. The normalized spacial score (nSPS) is 15.2. The molecule has 0 radical (unpaired) electrons. The first-order valence-electron chi connectivity index (χ1n) is 9.51. The predicted molar refractivity (Wildman–Crippen MR) is 130 cm³/mol. The SMILES string of the molecule is C=CCN1C(=O)C(=Cc2c(-c3ccccc3Cl)nn(-c3ccccc3)c2Cl)C(=O)NC1=S. The van der Waals surface area contributed by atoms with E-state index in [2.05, 4.69) is 17.0 Å². The summed E-state index contributed by atoms with van der Waals surface area (Å²) in [4.78, 5) is 26.9. The number of nitrogens with zero attached hydrogens (tertiary/aromatic N) is 3. The van der Waals surface area contributed by atoms with Gasteiger partial charge in [0.05, 0.1) is 10.7 Å². The van der Waals surface area contributed by atoms with E-state index >= 15 is 0 Å². The van der Waals surface area contributed by atoms with Gasteiger partial charge in [0.25, 0.3) is 11.8 Å². The van der Waals surface area contributed by atoms with Crippen LogP contribution < -0.4 is 5.32 Å². The van der Waals surface area contributed by atoms with Gasteiger partial charge in [-0.2, -0.15) is 5.10 Å². The summed E-state index contributed by atoms with van der Waals surface area (Å²) < 4.78 is 1.53. The molecule has 1 fully saturated rings. The minimum absolute atomic E-state index is 0.0226. The Morgan fingerprint density at radius 1 is 1.06 bits per heavy atom. The minimum atomic E-state index is -0.617. The van der Waals surface area contributed by atoms with Crippen molar-refractivity contribution in [2.75, 3.05) is 6.54 Å². The second-order valence-electron chi connectivity index (χ2n) is 6.80. The summed E-state index contributed by atoms with van der Waals surface area (Å²) in [6.45, 7) is 3.79. The Labute approximate surface area is 199 Å². The number of benzene rings is 2. The van der Waals surface area contributed by atoms with Crippen molar-refractivity contribution >= 4 is 58.4 Å². The number of carbonyl (C=O) groups excluding carboxylic acids is 2. The third-order valence-corrected chi connectivity index (χ3v) is 5.79. The van der Waals surface area contributed by atoms with Crippen LogP contribution in [0.5, 0.6) is 0 Å². The Kier molecular flexibility index (Phi) is 6.23. The van der Waals surface area contributed by atoms with Crippen LogP contribution in [0.4, 0.5) is 0 Å². The fourth-order valence-electron chi connectivity index (χ4n) is 3.26. The fraction of sp³-hybridized carbons (Fsp3) is 0.0435. The number of rotatable bonds is 5. The molecule has 1 N–H and O–H groups in total. The lowest BCUT2D eigenvalue weighted by Crippen LogP contribution is -2.53. The molecule has 4 rings (SSSR count). The second kappa shape index (κ2) is 9.08. The summed E-state index contributed by atoms with van der Waals surface area (Å²) in [5.41, 5.74) is 2.02. The molecule has 1 saturated heterocycles. The second-order valence-corrected chi connectivity index (χ2v) is 7.95. The van der Waals surface area contributed by atoms with Gasteiger partial charge in [-0.05, 0) is 36.5 Å². The molecule has 0 saturated carbocycles. The Bertz CT molecular complexity index is 1280. The van der Waals surface area contributed by atoms with E-state index in [0.717, 1.165) is 0 Å². The molecule has 2 aromatic carbocycles. The number of thiocarbonyl (C=S) groups is 1. The van der Waals surface area contributed by atoms with Gasteiger partial charge in [0.1, 0.15) is 16.4 Å². The quantitative estimate of drug-likeness (QED) is 0.248. The molecular formula is C23H16Cl2N4O2S. The molecule has 3 aromatic rings. The van der Waals surface area contributed by atoms with E-state index in [1.807, 2.05) is 36.4 Å². The Morgan fingerprint density at radius 3 is 2.44 bits per heavy atom. The Balaban J connectivity index is 1.93. The zero-order valence-corrected chi connectivity index (χ0v) is 18.9. The number of nitrogens with one attached hydrogen (secondary N) is 1. The first-order valence-corrected chi connectivity index (χ1v) is 10.7. The van der Waals surface area contributed by atoms with E-state index in [0.29, 0.717) is 27.5 Å². The average molecular weight is 483 g/mol. The van der Waals surface area contributed by atoms with E-state index in [9.17, 15) is 9.59 Å². The maximum atomic E-state index is 13.0. The van der Waals surface area contributed by atoms with Crippen LogP contribution in [0.3, 0.4) is 0 Å². The van der Waals surface area contributed by atoms with Crippen molar-refractivity contribution in [1.82, 2.24) is 20.0 Å². The van der Waals surface area contributed by atoms with Crippen molar-refractivity contribution in [2.45, 2.75) is 0 Å². The average Bonchev–Trinajstić information content (AvgIpc) is 3.11. The Hall–Kier alpha value is -3.26. The lowest BCUT2D eigenvalue weighted by Gasteiger charge is -2.27. The number of hydrogen-bond acceptors (Lipinski definition) is 4. The number of aromatic nitrogens is 2. The number of amides is 2. The zero-order chi connectivity index (χ0) is 22.8. The molecule has 6 nitrogen and oxygen atoms in total. The fourth-order valence-corrected chi connectivity index (χ4v) is 4.02. The highest BCUT2D eigenvalue weighted by Crippen LogP contribution is 2.36. The van der Waals surface area contributed by atoms with Crippen molar-refractivity contribution in [3.8, 4) is 16.9 Å². The van der Waals surface area contributed by atoms with E-state index in [4.69, 9.17) is 35.4 Å². The van der Waals surface area contributed by atoms with Crippen LogP contribution in [-0.4, -0.2) is 38.2 Å². The zero-order valence-electron chi connectivity index (χ0n) is 16.6. The summed E-state index contributed by atoms with van der Waals surface area (Å²) in [5, 5.41) is 7.88. The summed E-state index contributed by atoms with van der Waals surface area (Å²) >= 11 is 18.3. The van der Waals surface area contributed by atoms with E-state index in [1.54, 1.807) is 18.2 Å². The highest BCUT2D eigenvalue weighted by atomic mass is 35.5. The maximum Gasteiger partial charge on any atom is 0.265 e. The molecule has 1 aliphatic rings. The van der Waals surface area contributed by atoms with Crippen LogP contribution in [0.25, 0.3) is 23.0 Å². The van der Waals surface area contributed by atoms with Gasteiger partial charge in [0, 0.05) is 17.7 Å². The first-order chi connectivity index (χ1) is 15.4. The van der Waals surface area contributed by atoms with Gasteiger partial charge < -0.3 is 0 Å².